The van der Waals surface area contributed by atoms with Crippen LogP contribution in [-0.4, -0.2) is 59.4 Å². The predicted molar refractivity (Wildman–Crippen MR) is 549 cm³/mol. The van der Waals surface area contributed by atoms with Crippen molar-refractivity contribution in [2.24, 2.45) is 0 Å². The Bertz CT molecular complexity index is 9140. The maximum Gasteiger partial charge on any atom is 0.238 e. The van der Waals surface area contributed by atoms with Crippen LogP contribution in [0.2, 0.25) is 0 Å². The normalized spacial score (nSPS) is 11.5. The third-order valence-corrected chi connectivity index (χ3v) is 25.1. The molecule has 0 aliphatic rings. The molecular weight excluding hydrogens is 1670 g/mol. The van der Waals surface area contributed by atoms with Crippen molar-refractivity contribution >= 4 is 120 Å². The lowest BCUT2D eigenvalue weighted by Crippen LogP contribution is -2.06. The number of hydrogen-bond donors (Lipinski definition) is 0. The molecule has 15 nitrogen and oxygen atoms in total. The molecule has 27 rings (SSSR count). The Morgan fingerprint density at radius 3 is 1.08 bits per heavy atom. The largest absolute Gasteiger partial charge is 0.456 e. The van der Waals surface area contributed by atoms with Crippen molar-refractivity contribution in [3.63, 3.8) is 0 Å². The van der Waals surface area contributed by atoms with Crippen LogP contribution in [0.25, 0.3) is 262 Å². The number of nitrogens with zero attached hydrogens (tertiary/aromatic N) is 12. The number of para-hydroxylation sites is 1. The smallest absolute Gasteiger partial charge is 0.238 e. The lowest BCUT2D eigenvalue weighted by atomic mass is 9.99. The van der Waals surface area contributed by atoms with Crippen LogP contribution < -0.4 is 0 Å². The molecule has 0 saturated heterocycles. The minimum Gasteiger partial charge on any atom is -0.456 e. The number of hydrogen-bond acceptors (Lipinski definition) is 14. The first-order valence-electron chi connectivity index (χ1n) is 45.1. The Balaban J connectivity index is 0.000000109. The molecule has 136 heavy (non-hydrogen) atoms. The Morgan fingerprint density at radius 2 is 0.507 bits per heavy atom. The summed E-state index contributed by atoms with van der Waals surface area (Å²) in [5.74, 6) is 6.82. The summed E-state index contributed by atoms with van der Waals surface area (Å²) in [7, 11) is 0. The third-order valence-electron chi connectivity index (χ3n) is 25.1. The maximum absolute atomic E-state index is 6.54. The molecule has 0 fully saturated rings. The Hall–Kier alpha value is -18.7. The molecule has 27 aromatic rings. The fourth-order valence-corrected chi connectivity index (χ4v) is 18.4. The topological polar surface area (TPSA) is 186 Å². The van der Waals surface area contributed by atoms with Crippen molar-refractivity contribution in [2.45, 2.75) is 0 Å². The molecule has 0 aliphatic heterocycles. The van der Waals surface area contributed by atoms with E-state index >= 15 is 0 Å². The van der Waals surface area contributed by atoms with Gasteiger partial charge in [0.05, 0.1) is 16.4 Å². The fourth-order valence-electron chi connectivity index (χ4n) is 18.4. The maximum atomic E-state index is 6.54. The van der Waals surface area contributed by atoms with Gasteiger partial charge >= 0.3 is 0 Å². The van der Waals surface area contributed by atoms with E-state index in [0.29, 0.717) is 64.3 Å². The van der Waals surface area contributed by atoms with Crippen molar-refractivity contribution < 1.29 is 13.3 Å². The molecule has 636 valence electrons. The standard InChI is InChI=1S/C44H26N4O.C39H24N4O.C38H24N4O/c1-2-10-30(11-3-1)44-45-38-23-21-29-16-17-33-26-36(20-22-37(33)39(29)40(38)49-44)43-47-41(34-18-14-27-8-4-6-12-31(27)24-34)46-42(48-43)35-19-15-28-9-5-7-13-32(28)25-35;1-3-11-25(12-4-1)26-21-23-28(24-22-26)38-40-37(27-13-5-2-6-14-27)41-39(42-38)43-31-17-9-16-30-29-15-7-8-19-33(29)44-34-20-10-18-32(43)36(34)35(30)31;1-4-11-26(12-5-1)35-40-36(27-13-6-2-7-14-27)42-37(41-35)31-18-10-17-29(23-31)30-20-19-25-21-22-33-34(32(25)24-30)43-38(39-33)28-15-8-3-9-16-28/h1-26H;1-24H;1-24H. The van der Waals surface area contributed by atoms with Gasteiger partial charge in [0, 0.05) is 77.2 Å². The zero-order chi connectivity index (χ0) is 89.9. The predicted octanol–water partition coefficient (Wildman–Crippen LogP) is 30.7. The number of oxazole rings is 2. The molecule has 0 unspecified atom stereocenters. The van der Waals surface area contributed by atoms with Crippen molar-refractivity contribution in [3.8, 4) is 142 Å². The number of aromatic nitrogens is 12. The van der Waals surface area contributed by atoms with Gasteiger partial charge in [-0.25, -0.2) is 44.9 Å². The van der Waals surface area contributed by atoms with E-state index in [-0.39, 0.29) is 0 Å². The summed E-state index contributed by atoms with van der Waals surface area (Å²) >= 11 is 0. The molecule has 0 atom stereocenters. The van der Waals surface area contributed by atoms with Crippen molar-refractivity contribution in [3.05, 3.63) is 449 Å². The molecule has 7 heterocycles. The van der Waals surface area contributed by atoms with Gasteiger partial charge in [0.1, 0.15) is 22.2 Å². The van der Waals surface area contributed by atoms with E-state index in [1.165, 1.54) is 16.3 Å². The molecule has 0 amide bonds. The molecule has 0 bridgehead atoms. The lowest BCUT2D eigenvalue weighted by Gasteiger charge is -2.11. The van der Waals surface area contributed by atoms with Crippen molar-refractivity contribution in [1.29, 1.82) is 0 Å². The van der Waals surface area contributed by atoms with Gasteiger partial charge in [0.2, 0.25) is 17.7 Å². The minimum atomic E-state index is 0.559. The summed E-state index contributed by atoms with van der Waals surface area (Å²) in [6.07, 6.45) is 0. The van der Waals surface area contributed by atoms with Crippen molar-refractivity contribution in [2.75, 3.05) is 0 Å². The van der Waals surface area contributed by atoms with Crippen LogP contribution in [0.1, 0.15) is 0 Å². The summed E-state index contributed by atoms with van der Waals surface area (Å²) in [6, 6.07) is 153. The molecular formula is C121H74N12O3. The molecule has 15 heteroatoms. The average molecular weight is 1740 g/mol. The van der Waals surface area contributed by atoms with E-state index in [4.69, 9.17) is 68.1 Å². The number of fused-ring (bicyclic) bond motifs is 12. The molecule has 7 aromatic heterocycles. The van der Waals surface area contributed by atoms with Crippen molar-refractivity contribution in [1.82, 2.24) is 59.4 Å². The van der Waals surface area contributed by atoms with Gasteiger partial charge in [0.25, 0.3) is 0 Å². The summed E-state index contributed by atoms with van der Waals surface area (Å²) in [4.78, 5) is 54.6. The second kappa shape index (κ2) is 34.0. The van der Waals surface area contributed by atoms with E-state index in [1.54, 1.807) is 0 Å². The lowest BCUT2D eigenvalue weighted by molar-refractivity contribution is 0.622. The average Bonchev–Trinajstić information content (AvgIpc) is 1.55. The number of benzene rings is 20. The Morgan fingerprint density at radius 1 is 0.162 bits per heavy atom. The van der Waals surface area contributed by atoms with Crippen LogP contribution >= 0.6 is 0 Å². The van der Waals surface area contributed by atoms with Gasteiger partial charge in [-0.05, 0) is 162 Å². The quantitative estimate of drug-likeness (QED) is 0.0992. The first-order chi connectivity index (χ1) is 67.3. The summed E-state index contributed by atoms with van der Waals surface area (Å²) in [5, 5.41) is 15.4. The first kappa shape index (κ1) is 79.4. The highest BCUT2D eigenvalue weighted by atomic mass is 16.4. The zero-order valence-electron chi connectivity index (χ0n) is 72.8. The van der Waals surface area contributed by atoms with E-state index in [9.17, 15) is 0 Å². The van der Waals surface area contributed by atoms with Crippen LogP contribution in [0.4, 0.5) is 0 Å². The van der Waals surface area contributed by atoms with E-state index < -0.39 is 0 Å². The highest BCUT2D eigenvalue weighted by Gasteiger charge is 2.25. The molecule has 0 N–H and O–H groups in total. The van der Waals surface area contributed by atoms with Gasteiger partial charge in [-0.1, -0.05) is 358 Å². The molecule has 0 aliphatic carbocycles. The van der Waals surface area contributed by atoms with Gasteiger partial charge in [0.15, 0.2) is 57.8 Å². The highest BCUT2D eigenvalue weighted by Crippen LogP contribution is 2.44. The summed E-state index contributed by atoms with van der Waals surface area (Å²) < 4.78 is 21.4. The second-order valence-corrected chi connectivity index (χ2v) is 33.6. The Labute approximate surface area is 778 Å². The van der Waals surface area contributed by atoms with Gasteiger partial charge < -0.3 is 13.3 Å². The molecule has 0 saturated carbocycles. The molecule has 0 spiro atoms. The fraction of sp³-hybridized carbons (Fsp3) is 0. The van der Waals surface area contributed by atoms with Gasteiger partial charge in [-0.15, -0.1) is 0 Å². The van der Waals surface area contributed by atoms with E-state index in [1.807, 2.05) is 206 Å². The van der Waals surface area contributed by atoms with Crippen LogP contribution in [0.15, 0.2) is 462 Å². The SMILES string of the molecule is c1ccc(-c2ccc(-c3nc(-c4ccccc4)nc(-n4c5cccc6oc7ccccc7c7cccc4c7c65)n3)cc2)cc1.c1ccc(-c2nc(-c3ccccc3)nc(-c3cccc(-c4ccc5ccc6nc(-c7ccccc7)oc6c5c4)c3)n2)cc1.c1ccc(-c2nc3ccc4ccc5cc(-c6nc(-c7ccc8ccccc8c7)nc(-c7ccc8ccccc8c7)n6)ccc5c4c3o2)cc1. The van der Waals surface area contributed by atoms with Gasteiger partial charge in [-0.3, -0.25) is 4.57 Å². The monoisotopic (exact) mass is 1740 g/mol. The van der Waals surface area contributed by atoms with Crippen LogP contribution in [0, 0.1) is 0 Å². The molecule has 20 aromatic carbocycles. The summed E-state index contributed by atoms with van der Waals surface area (Å²) in [6.45, 7) is 0. The Kier molecular flexibility index (Phi) is 19.8. The van der Waals surface area contributed by atoms with Crippen LogP contribution in [-0.2, 0) is 0 Å². The molecule has 0 radical (unpaired) electrons. The third kappa shape index (κ3) is 15.0. The highest BCUT2D eigenvalue weighted by molar-refractivity contribution is 6.27. The van der Waals surface area contributed by atoms with E-state index in [0.717, 1.165) is 181 Å². The minimum absolute atomic E-state index is 0.559. The first-order valence-corrected chi connectivity index (χ1v) is 45.1. The van der Waals surface area contributed by atoms with Crippen LogP contribution in [0.5, 0.6) is 0 Å². The number of rotatable bonds is 13. The van der Waals surface area contributed by atoms with E-state index in [2.05, 4.69) is 247 Å². The van der Waals surface area contributed by atoms with Gasteiger partial charge in [-0.2, -0.15) is 9.97 Å². The second-order valence-electron chi connectivity index (χ2n) is 33.6. The zero-order valence-corrected chi connectivity index (χ0v) is 72.8. The van der Waals surface area contributed by atoms with Crippen LogP contribution in [0.3, 0.4) is 0 Å². The summed E-state index contributed by atoms with van der Waals surface area (Å²) in [5.41, 5.74) is 20.7.